The number of hydrogen-bond acceptors (Lipinski definition) is 4. The number of esters is 1. The highest BCUT2D eigenvalue weighted by Crippen LogP contribution is 2.13. The van der Waals surface area contributed by atoms with Crippen LogP contribution in [0.25, 0.3) is 0 Å². The van der Waals surface area contributed by atoms with Crippen molar-refractivity contribution in [3.8, 4) is 0 Å². The maximum Gasteiger partial charge on any atom is 0.357 e. The number of carbonyl (C=O) groups excluding carboxylic acids is 1. The Kier molecular flexibility index (Phi) is 4.84. The quantitative estimate of drug-likeness (QED) is 0.635. The van der Waals surface area contributed by atoms with Gasteiger partial charge in [0.05, 0.1) is 11.1 Å². The molecule has 0 saturated carbocycles. The molecule has 1 rings (SSSR count). The molecule has 98 valence electrons. The number of aromatic nitrogens is 1. The van der Waals surface area contributed by atoms with Gasteiger partial charge in [0.15, 0.2) is 5.69 Å². The first-order valence-corrected chi connectivity index (χ1v) is 6.29. The molecule has 0 bridgehead atoms. The van der Waals surface area contributed by atoms with Gasteiger partial charge >= 0.3 is 5.97 Å². The van der Waals surface area contributed by atoms with Gasteiger partial charge < -0.3 is 4.74 Å². The van der Waals surface area contributed by atoms with Crippen LogP contribution in [0.15, 0.2) is 20.4 Å². The molecule has 0 unspecified atom stereocenters. The summed E-state index contributed by atoms with van der Waals surface area (Å²) < 4.78 is 6.38. The maximum atomic E-state index is 12.0. The summed E-state index contributed by atoms with van der Waals surface area (Å²) in [4.78, 5) is 23.9. The largest absolute Gasteiger partial charge is 0.461 e. The lowest BCUT2D eigenvalue weighted by Crippen LogP contribution is -2.26. The first-order chi connectivity index (χ1) is 8.38. The Labute approximate surface area is 114 Å². The molecule has 0 spiro atoms. The molecule has 0 aromatic carbocycles. The van der Waals surface area contributed by atoms with E-state index in [1.54, 1.807) is 33.8 Å². The molecule has 5 nitrogen and oxygen atoms in total. The summed E-state index contributed by atoms with van der Waals surface area (Å²) in [6.07, 6.45) is 0. The van der Waals surface area contributed by atoms with E-state index in [0.29, 0.717) is 15.7 Å². The van der Waals surface area contributed by atoms with Crippen LogP contribution in [0.3, 0.4) is 0 Å². The number of aryl methyl sites for hydroxylation is 1. The second-order valence-electron chi connectivity index (χ2n) is 3.91. The smallest absolute Gasteiger partial charge is 0.357 e. The van der Waals surface area contributed by atoms with E-state index in [-0.39, 0.29) is 17.9 Å². The van der Waals surface area contributed by atoms with Crippen molar-refractivity contribution in [2.75, 3.05) is 6.61 Å². The lowest BCUT2D eigenvalue weighted by atomic mass is 10.2. The summed E-state index contributed by atoms with van der Waals surface area (Å²) >= 11 is 3.15. The Morgan fingerprint density at radius 2 is 2.11 bits per heavy atom. The number of carbonyl (C=O) groups is 1. The van der Waals surface area contributed by atoms with Gasteiger partial charge in [-0.2, -0.15) is 9.78 Å². The van der Waals surface area contributed by atoms with E-state index in [0.717, 1.165) is 4.68 Å². The van der Waals surface area contributed by atoms with E-state index in [4.69, 9.17) is 4.74 Å². The number of rotatable bonds is 3. The summed E-state index contributed by atoms with van der Waals surface area (Å²) in [6, 6.07) is 1.59. The number of halogens is 1. The molecular formula is C12H15BrN2O3. The van der Waals surface area contributed by atoms with Crippen LogP contribution in [0.4, 0.5) is 0 Å². The van der Waals surface area contributed by atoms with Crippen molar-refractivity contribution < 1.29 is 9.53 Å². The topological polar surface area (TPSA) is 60.7 Å². The molecule has 1 heterocycles. The standard InChI is InChI=1S/C12H15BrN2O3/c1-5-18-12(17)10-8(4)6-9(13)11(16)15(10)14-7(2)3/h6H,5H2,1-4H3. The molecule has 0 atom stereocenters. The summed E-state index contributed by atoms with van der Waals surface area (Å²) in [7, 11) is 0. The minimum absolute atomic E-state index is 0.159. The van der Waals surface area contributed by atoms with E-state index in [2.05, 4.69) is 21.0 Å². The molecule has 1 aromatic rings. The summed E-state index contributed by atoms with van der Waals surface area (Å²) in [5, 5.41) is 4.07. The van der Waals surface area contributed by atoms with E-state index in [9.17, 15) is 9.59 Å². The SMILES string of the molecule is CCOC(=O)c1c(C)cc(Br)c(=O)n1N=C(C)C. The molecule has 0 aliphatic rings. The van der Waals surface area contributed by atoms with Crippen LogP contribution in [0.1, 0.15) is 36.8 Å². The van der Waals surface area contributed by atoms with Crippen LogP contribution in [0, 0.1) is 6.92 Å². The van der Waals surface area contributed by atoms with Gasteiger partial charge in [0, 0.05) is 5.71 Å². The van der Waals surface area contributed by atoms with Crippen molar-refractivity contribution in [1.29, 1.82) is 0 Å². The zero-order valence-electron chi connectivity index (χ0n) is 10.8. The van der Waals surface area contributed by atoms with Crippen molar-refractivity contribution in [3.05, 3.63) is 32.2 Å². The van der Waals surface area contributed by atoms with Crippen LogP contribution < -0.4 is 5.56 Å². The highest BCUT2D eigenvalue weighted by Gasteiger charge is 2.18. The number of pyridine rings is 1. The van der Waals surface area contributed by atoms with Crippen molar-refractivity contribution in [3.63, 3.8) is 0 Å². The number of ether oxygens (including phenoxy) is 1. The van der Waals surface area contributed by atoms with Crippen molar-refractivity contribution >= 4 is 27.6 Å². The van der Waals surface area contributed by atoms with Crippen LogP contribution in [-0.2, 0) is 4.74 Å². The fourth-order valence-electron chi connectivity index (χ4n) is 1.43. The average molecular weight is 315 g/mol. The van der Waals surface area contributed by atoms with Crippen molar-refractivity contribution in [1.82, 2.24) is 4.68 Å². The third kappa shape index (κ3) is 3.07. The minimum atomic E-state index is -0.551. The Hall–Kier alpha value is -1.43. The summed E-state index contributed by atoms with van der Waals surface area (Å²) in [5.74, 6) is -0.551. The van der Waals surface area contributed by atoms with Gasteiger partial charge in [-0.25, -0.2) is 4.79 Å². The predicted octanol–water partition coefficient (Wildman–Crippen LogP) is 2.34. The number of hydrogen-bond donors (Lipinski definition) is 0. The van der Waals surface area contributed by atoms with E-state index in [1.807, 2.05) is 0 Å². The second-order valence-corrected chi connectivity index (χ2v) is 4.76. The Bertz CT molecular complexity index is 557. The normalized spacial score (nSPS) is 10.1. The van der Waals surface area contributed by atoms with Crippen LogP contribution in [-0.4, -0.2) is 23.0 Å². The van der Waals surface area contributed by atoms with Crippen LogP contribution >= 0.6 is 15.9 Å². The summed E-state index contributed by atoms with van der Waals surface area (Å²) in [6.45, 7) is 7.18. The monoisotopic (exact) mass is 314 g/mol. The first-order valence-electron chi connectivity index (χ1n) is 5.50. The Balaban J connectivity index is 3.58. The van der Waals surface area contributed by atoms with Gasteiger partial charge in [-0.05, 0) is 55.3 Å². The molecule has 6 heteroatoms. The lowest BCUT2D eigenvalue weighted by molar-refractivity contribution is 0.0512. The van der Waals surface area contributed by atoms with Gasteiger partial charge in [-0.1, -0.05) is 0 Å². The molecule has 0 aliphatic carbocycles. The third-order valence-electron chi connectivity index (χ3n) is 2.09. The maximum absolute atomic E-state index is 12.0. The molecule has 18 heavy (non-hydrogen) atoms. The van der Waals surface area contributed by atoms with Gasteiger partial charge in [0.1, 0.15) is 0 Å². The van der Waals surface area contributed by atoms with Crippen molar-refractivity contribution in [2.24, 2.45) is 5.10 Å². The predicted molar refractivity (Wildman–Crippen MR) is 73.3 cm³/mol. The first kappa shape index (κ1) is 14.6. The summed E-state index contributed by atoms with van der Waals surface area (Å²) in [5.41, 5.74) is 1.07. The molecule has 0 saturated heterocycles. The van der Waals surface area contributed by atoms with Gasteiger partial charge in [0.25, 0.3) is 5.56 Å². The average Bonchev–Trinajstić information content (AvgIpc) is 2.25. The van der Waals surface area contributed by atoms with E-state index in [1.165, 1.54) is 0 Å². The second kappa shape index (κ2) is 5.95. The molecule has 0 radical (unpaired) electrons. The Morgan fingerprint density at radius 3 is 2.61 bits per heavy atom. The van der Waals surface area contributed by atoms with E-state index < -0.39 is 5.97 Å². The number of nitrogens with zero attached hydrogens (tertiary/aromatic N) is 2. The molecule has 0 N–H and O–H groups in total. The fraction of sp³-hybridized carbons (Fsp3) is 0.417. The van der Waals surface area contributed by atoms with Gasteiger partial charge in [-0.3, -0.25) is 4.79 Å². The molecule has 0 amide bonds. The highest BCUT2D eigenvalue weighted by atomic mass is 79.9. The van der Waals surface area contributed by atoms with Crippen LogP contribution in [0.2, 0.25) is 0 Å². The van der Waals surface area contributed by atoms with Crippen molar-refractivity contribution in [2.45, 2.75) is 27.7 Å². The lowest BCUT2D eigenvalue weighted by Gasteiger charge is -2.11. The van der Waals surface area contributed by atoms with E-state index >= 15 is 0 Å². The molecule has 0 fully saturated rings. The fourth-order valence-corrected chi connectivity index (χ4v) is 1.94. The molecular weight excluding hydrogens is 300 g/mol. The molecule has 0 aliphatic heterocycles. The van der Waals surface area contributed by atoms with Crippen LogP contribution in [0.5, 0.6) is 0 Å². The molecule has 1 aromatic heterocycles. The third-order valence-corrected chi connectivity index (χ3v) is 2.66. The zero-order valence-corrected chi connectivity index (χ0v) is 12.4. The minimum Gasteiger partial charge on any atom is -0.461 e. The Morgan fingerprint density at radius 1 is 1.50 bits per heavy atom. The van der Waals surface area contributed by atoms with Gasteiger partial charge in [-0.15, -0.1) is 0 Å². The van der Waals surface area contributed by atoms with Gasteiger partial charge in [0.2, 0.25) is 0 Å². The highest BCUT2D eigenvalue weighted by molar-refractivity contribution is 9.10. The zero-order chi connectivity index (χ0) is 13.9.